The molecular formula is C16H12ClF6NO2S. The number of alkyl halides is 6. The SMILES string of the molecule is O=C(CSc1ccc(Cl)c(C(F)(F)F)c1)N(Cc1ccco1)CC(F)(F)F. The molecule has 0 N–H and O–H groups in total. The van der Waals surface area contributed by atoms with Gasteiger partial charge in [0.2, 0.25) is 5.91 Å². The molecule has 27 heavy (non-hydrogen) atoms. The molecule has 0 aliphatic heterocycles. The van der Waals surface area contributed by atoms with Gasteiger partial charge in [-0.05, 0) is 30.3 Å². The van der Waals surface area contributed by atoms with E-state index in [-0.39, 0.29) is 10.7 Å². The summed E-state index contributed by atoms with van der Waals surface area (Å²) in [7, 11) is 0. The van der Waals surface area contributed by atoms with E-state index >= 15 is 0 Å². The first-order chi connectivity index (χ1) is 12.5. The van der Waals surface area contributed by atoms with Crippen molar-refractivity contribution in [2.45, 2.75) is 23.8 Å². The standard InChI is InChI=1S/C16H12ClF6NO2S/c17-13-4-3-11(6-12(13)16(21,22)23)27-8-14(25)24(9-15(18,19)20)7-10-2-1-5-26-10/h1-6H,7-9H2. The van der Waals surface area contributed by atoms with Gasteiger partial charge in [0.15, 0.2) is 0 Å². The maximum Gasteiger partial charge on any atom is 0.417 e. The Morgan fingerprint density at radius 3 is 2.41 bits per heavy atom. The van der Waals surface area contributed by atoms with E-state index in [0.717, 1.165) is 12.1 Å². The van der Waals surface area contributed by atoms with Crippen molar-refractivity contribution in [3.05, 3.63) is 52.9 Å². The van der Waals surface area contributed by atoms with E-state index in [1.807, 2.05) is 0 Å². The summed E-state index contributed by atoms with van der Waals surface area (Å²) < 4.78 is 81.6. The maximum absolute atomic E-state index is 12.8. The Bertz CT molecular complexity index is 776. The number of halogens is 7. The van der Waals surface area contributed by atoms with Gasteiger partial charge in [-0.3, -0.25) is 4.79 Å². The van der Waals surface area contributed by atoms with Crippen molar-refractivity contribution in [2.75, 3.05) is 12.3 Å². The van der Waals surface area contributed by atoms with Crippen molar-refractivity contribution in [3.8, 4) is 0 Å². The minimum atomic E-state index is -4.68. The van der Waals surface area contributed by atoms with Gasteiger partial charge >= 0.3 is 12.4 Å². The van der Waals surface area contributed by atoms with Gasteiger partial charge in [0.05, 0.1) is 29.1 Å². The van der Waals surface area contributed by atoms with E-state index in [2.05, 4.69) is 0 Å². The van der Waals surface area contributed by atoms with E-state index in [9.17, 15) is 31.1 Å². The van der Waals surface area contributed by atoms with Gasteiger partial charge in [-0.1, -0.05) is 11.6 Å². The molecule has 0 unspecified atom stereocenters. The molecule has 11 heteroatoms. The molecule has 0 saturated carbocycles. The molecular weight excluding hydrogens is 420 g/mol. The average molecular weight is 432 g/mol. The first-order valence-electron chi connectivity index (χ1n) is 7.32. The monoisotopic (exact) mass is 431 g/mol. The number of nitrogens with zero attached hydrogens (tertiary/aromatic N) is 1. The highest BCUT2D eigenvalue weighted by molar-refractivity contribution is 8.00. The van der Waals surface area contributed by atoms with Crippen LogP contribution in [0.25, 0.3) is 0 Å². The molecule has 0 saturated heterocycles. The molecule has 1 amide bonds. The molecule has 0 aliphatic carbocycles. The highest BCUT2D eigenvalue weighted by atomic mass is 35.5. The summed E-state index contributed by atoms with van der Waals surface area (Å²) >= 11 is 6.19. The highest BCUT2D eigenvalue weighted by Crippen LogP contribution is 2.37. The van der Waals surface area contributed by atoms with Crippen LogP contribution in [0.4, 0.5) is 26.3 Å². The molecule has 3 nitrogen and oxygen atoms in total. The summed E-state index contributed by atoms with van der Waals surface area (Å²) in [5.74, 6) is -1.21. The summed E-state index contributed by atoms with van der Waals surface area (Å²) in [4.78, 5) is 12.8. The predicted octanol–water partition coefficient (Wildman–Crippen LogP) is 5.64. The van der Waals surface area contributed by atoms with Crippen LogP contribution in [-0.4, -0.2) is 29.3 Å². The van der Waals surface area contributed by atoms with E-state index in [1.165, 1.54) is 24.5 Å². The van der Waals surface area contributed by atoms with Crippen LogP contribution >= 0.6 is 23.4 Å². The van der Waals surface area contributed by atoms with Gasteiger partial charge in [-0.15, -0.1) is 11.8 Å². The summed E-state index contributed by atoms with van der Waals surface area (Å²) in [5.41, 5.74) is -1.08. The zero-order valence-electron chi connectivity index (χ0n) is 13.4. The summed E-state index contributed by atoms with van der Waals surface area (Å²) in [6, 6.07) is 5.91. The Labute approximate surface area is 159 Å². The lowest BCUT2D eigenvalue weighted by molar-refractivity contribution is -0.161. The summed E-state index contributed by atoms with van der Waals surface area (Å²) in [5, 5.41) is -0.505. The minimum absolute atomic E-state index is 0.0602. The first-order valence-corrected chi connectivity index (χ1v) is 8.68. The highest BCUT2D eigenvalue weighted by Gasteiger charge is 2.34. The lowest BCUT2D eigenvalue weighted by atomic mass is 10.2. The van der Waals surface area contributed by atoms with Crippen LogP contribution in [-0.2, 0) is 17.5 Å². The van der Waals surface area contributed by atoms with Crippen molar-refractivity contribution in [2.24, 2.45) is 0 Å². The van der Waals surface area contributed by atoms with Crippen LogP contribution in [0.3, 0.4) is 0 Å². The predicted molar refractivity (Wildman–Crippen MR) is 87.4 cm³/mol. The second-order valence-electron chi connectivity index (χ2n) is 5.37. The Morgan fingerprint density at radius 1 is 1.15 bits per heavy atom. The van der Waals surface area contributed by atoms with Gasteiger partial charge in [0, 0.05) is 4.90 Å². The van der Waals surface area contributed by atoms with Crippen LogP contribution in [0.1, 0.15) is 11.3 Å². The number of carbonyl (C=O) groups excluding carboxylic acids is 1. The number of hydrogen-bond acceptors (Lipinski definition) is 3. The van der Waals surface area contributed by atoms with Crippen molar-refractivity contribution < 1.29 is 35.6 Å². The van der Waals surface area contributed by atoms with Gasteiger partial charge in [-0.25, -0.2) is 0 Å². The van der Waals surface area contributed by atoms with Crippen LogP contribution in [0.15, 0.2) is 45.9 Å². The van der Waals surface area contributed by atoms with Gasteiger partial charge in [-0.2, -0.15) is 26.3 Å². The fraction of sp³-hybridized carbons (Fsp3) is 0.312. The number of benzene rings is 1. The molecule has 0 spiro atoms. The number of thioether (sulfide) groups is 1. The molecule has 0 fully saturated rings. The van der Waals surface area contributed by atoms with E-state index in [1.54, 1.807) is 0 Å². The number of hydrogen-bond donors (Lipinski definition) is 0. The Hall–Kier alpha value is -1.81. The zero-order chi connectivity index (χ0) is 20.2. The third-order valence-corrected chi connectivity index (χ3v) is 4.56. The van der Waals surface area contributed by atoms with Gasteiger partial charge < -0.3 is 9.32 Å². The third kappa shape index (κ3) is 6.69. The molecule has 2 aromatic rings. The van der Waals surface area contributed by atoms with Crippen molar-refractivity contribution in [3.63, 3.8) is 0 Å². The molecule has 0 radical (unpaired) electrons. The fourth-order valence-corrected chi connectivity index (χ4v) is 3.15. The summed E-state index contributed by atoms with van der Waals surface area (Å²) in [6.45, 7) is -1.90. The topological polar surface area (TPSA) is 33.5 Å². The molecule has 1 heterocycles. The maximum atomic E-state index is 12.8. The quantitative estimate of drug-likeness (QED) is 0.439. The molecule has 1 aromatic heterocycles. The molecule has 0 aliphatic rings. The fourth-order valence-electron chi connectivity index (χ4n) is 2.09. The molecule has 0 atom stereocenters. The van der Waals surface area contributed by atoms with Crippen molar-refractivity contribution in [1.82, 2.24) is 4.90 Å². The second-order valence-corrected chi connectivity index (χ2v) is 6.83. The largest absolute Gasteiger partial charge is 0.467 e. The Kier molecular flexibility index (Phi) is 6.74. The molecule has 0 bridgehead atoms. The summed E-state index contributed by atoms with van der Waals surface area (Å²) in [6.07, 6.45) is -8.05. The molecule has 1 aromatic carbocycles. The minimum Gasteiger partial charge on any atom is -0.467 e. The van der Waals surface area contributed by atoms with Crippen LogP contribution in [0.5, 0.6) is 0 Å². The van der Waals surface area contributed by atoms with Crippen LogP contribution in [0.2, 0.25) is 5.02 Å². The van der Waals surface area contributed by atoms with E-state index < -0.39 is 47.7 Å². The van der Waals surface area contributed by atoms with E-state index in [4.69, 9.17) is 16.0 Å². The van der Waals surface area contributed by atoms with Crippen molar-refractivity contribution >= 4 is 29.3 Å². The number of rotatable bonds is 6. The third-order valence-electron chi connectivity index (χ3n) is 3.26. The lowest BCUT2D eigenvalue weighted by Gasteiger charge is -2.23. The molecule has 148 valence electrons. The Balaban J connectivity index is 2.08. The van der Waals surface area contributed by atoms with Crippen molar-refractivity contribution in [1.29, 1.82) is 0 Å². The average Bonchev–Trinajstić information content (AvgIpc) is 3.03. The van der Waals surface area contributed by atoms with Gasteiger partial charge in [0.1, 0.15) is 12.3 Å². The first kappa shape index (κ1) is 21.5. The lowest BCUT2D eigenvalue weighted by Crippen LogP contribution is -2.39. The molecule has 2 rings (SSSR count). The van der Waals surface area contributed by atoms with Gasteiger partial charge in [0.25, 0.3) is 0 Å². The zero-order valence-corrected chi connectivity index (χ0v) is 15.0. The smallest absolute Gasteiger partial charge is 0.417 e. The number of amides is 1. The van der Waals surface area contributed by atoms with E-state index in [0.29, 0.717) is 16.7 Å². The second kappa shape index (κ2) is 8.47. The Morgan fingerprint density at radius 2 is 1.85 bits per heavy atom. The normalized spacial score (nSPS) is 12.3. The number of furan rings is 1. The van der Waals surface area contributed by atoms with Crippen LogP contribution < -0.4 is 0 Å². The number of carbonyl (C=O) groups is 1. The van der Waals surface area contributed by atoms with Crippen LogP contribution in [0, 0.1) is 0 Å².